The van der Waals surface area contributed by atoms with Gasteiger partial charge in [0, 0.05) is 32.9 Å². The van der Waals surface area contributed by atoms with Crippen LogP contribution in [0.4, 0.5) is 0 Å². The Labute approximate surface area is 190 Å². The molecule has 31 heavy (non-hydrogen) atoms. The van der Waals surface area contributed by atoms with Gasteiger partial charge in [0.1, 0.15) is 5.75 Å². The van der Waals surface area contributed by atoms with Crippen molar-refractivity contribution in [2.45, 2.75) is 17.9 Å². The molecule has 1 aliphatic heterocycles. The highest BCUT2D eigenvalue weighted by Crippen LogP contribution is 2.36. The molecule has 0 radical (unpaired) electrons. The van der Waals surface area contributed by atoms with E-state index in [-0.39, 0.29) is 11.4 Å². The number of halogens is 2. The number of hydrogen-bond donors (Lipinski definition) is 0. The predicted octanol–water partition coefficient (Wildman–Crippen LogP) is 4.85. The van der Waals surface area contributed by atoms with Crippen LogP contribution in [0.25, 0.3) is 0 Å². The average Bonchev–Trinajstić information content (AvgIpc) is 3.13. The second-order valence-electron chi connectivity index (χ2n) is 6.83. The minimum Gasteiger partial charge on any atom is -0.497 e. The summed E-state index contributed by atoms with van der Waals surface area (Å²) in [6.45, 7) is -0.123. The molecule has 0 aromatic heterocycles. The van der Waals surface area contributed by atoms with E-state index in [4.69, 9.17) is 32.7 Å². The van der Waals surface area contributed by atoms with E-state index in [1.54, 1.807) is 36.4 Å². The number of ether oxygens (including phenoxy) is 2. The van der Waals surface area contributed by atoms with Gasteiger partial charge in [0.05, 0.1) is 30.4 Å². The molecule has 160 valence electrons. The fourth-order valence-corrected chi connectivity index (χ4v) is 5.31. The monoisotopic (exact) mass is 477 g/mol. The summed E-state index contributed by atoms with van der Waals surface area (Å²) in [5.74, 6) is -0.118. The summed E-state index contributed by atoms with van der Waals surface area (Å²) in [6.07, 6.45) is 4.97. The Balaban J connectivity index is 1.83. The van der Waals surface area contributed by atoms with Crippen LogP contribution in [0.15, 0.2) is 82.6 Å². The zero-order valence-corrected chi connectivity index (χ0v) is 18.7. The molecule has 0 unspecified atom stereocenters. The molecule has 2 aromatic rings. The zero-order chi connectivity index (χ0) is 22.2. The number of sulfonamides is 1. The summed E-state index contributed by atoms with van der Waals surface area (Å²) in [7, 11) is -2.60. The Bertz CT molecular complexity index is 1240. The van der Waals surface area contributed by atoms with Gasteiger partial charge in [-0.05, 0) is 36.8 Å². The lowest BCUT2D eigenvalue weighted by atomic mass is 9.99. The lowest BCUT2D eigenvalue weighted by Gasteiger charge is -2.28. The molecule has 1 aliphatic carbocycles. The molecule has 0 amide bonds. The molecule has 4 rings (SSSR count). The topological polar surface area (TPSA) is 72.9 Å². The van der Waals surface area contributed by atoms with Crippen molar-refractivity contribution >= 4 is 39.2 Å². The zero-order valence-electron chi connectivity index (χ0n) is 16.3. The number of esters is 1. The quantitative estimate of drug-likeness (QED) is 0.556. The van der Waals surface area contributed by atoms with Crippen LogP contribution in [-0.2, 0) is 26.1 Å². The second kappa shape index (κ2) is 8.42. The standard InChI is InChI=1S/C22H17Cl2NO5S/c1-29-16-4-2-5-17(11-16)31(27,28)25(12-19-20(23)6-3-7-21(19)24)15-9-8-14-13-30-22(26)18(14)10-15/h2-7,9-11,13H,8,12H2,1H3. The Morgan fingerprint density at radius 3 is 2.55 bits per heavy atom. The van der Waals surface area contributed by atoms with Crippen molar-refractivity contribution in [3.8, 4) is 5.75 Å². The fraction of sp³-hybridized carbons (Fsp3) is 0.136. The van der Waals surface area contributed by atoms with Crippen molar-refractivity contribution in [3.63, 3.8) is 0 Å². The number of allylic oxidation sites excluding steroid dienone is 2. The molecular weight excluding hydrogens is 461 g/mol. The lowest BCUT2D eigenvalue weighted by Crippen LogP contribution is -2.31. The Hall–Kier alpha value is -2.74. The number of nitrogens with zero attached hydrogens (tertiary/aromatic N) is 1. The summed E-state index contributed by atoms with van der Waals surface area (Å²) in [4.78, 5) is 12.1. The van der Waals surface area contributed by atoms with E-state index in [0.29, 0.717) is 44.6 Å². The van der Waals surface area contributed by atoms with Gasteiger partial charge in [-0.2, -0.15) is 0 Å². The Morgan fingerprint density at radius 2 is 1.84 bits per heavy atom. The average molecular weight is 478 g/mol. The van der Waals surface area contributed by atoms with Gasteiger partial charge >= 0.3 is 5.97 Å². The van der Waals surface area contributed by atoms with E-state index in [1.807, 2.05) is 0 Å². The first-order valence-electron chi connectivity index (χ1n) is 9.23. The first-order valence-corrected chi connectivity index (χ1v) is 11.4. The van der Waals surface area contributed by atoms with Gasteiger partial charge in [-0.25, -0.2) is 13.2 Å². The number of methoxy groups -OCH3 is 1. The van der Waals surface area contributed by atoms with Gasteiger partial charge in [0.15, 0.2) is 0 Å². The van der Waals surface area contributed by atoms with Crippen molar-refractivity contribution in [2.24, 2.45) is 0 Å². The fourth-order valence-electron chi connectivity index (χ4n) is 3.32. The van der Waals surface area contributed by atoms with E-state index in [0.717, 1.165) is 0 Å². The van der Waals surface area contributed by atoms with E-state index >= 15 is 0 Å². The number of carbonyl (C=O) groups excluding carboxylic acids is 1. The molecular formula is C22H17Cl2NO5S. The van der Waals surface area contributed by atoms with Gasteiger partial charge in [0.25, 0.3) is 10.0 Å². The van der Waals surface area contributed by atoms with Crippen molar-refractivity contribution < 1.29 is 22.7 Å². The van der Waals surface area contributed by atoms with Gasteiger partial charge in [-0.1, -0.05) is 41.4 Å². The first-order chi connectivity index (χ1) is 14.8. The summed E-state index contributed by atoms with van der Waals surface area (Å²) < 4.78 is 38.7. The van der Waals surface area contributed by atoms with Gasteiger partial charge in [-0.3, -0.25) is 4.31 Å². The third kappa shape index (κ3) is 4.08. The van der Waals surface area contributed by atoms with Gasteiger partial charge < -0.3 is 9.47 Å². The van der Waals surface area contributed by atoms with E-state index in [2.05, 4.69) is 0 Å². The molecule has 0 saturated heterocycles. The number of cyclic esters (lactones) is 1. The van der Waals surface area contributed by atoms with Crippen molar-refractivity contribution in [3.05, 3.63) is 93.3 Å². The molecule has 2 aliphatic rings. The SMILES string of the molecule is COc1cccc(S(=O)(=O)N(Cc2c(Cl)cccc2Cl)C2=CCC3=COC(=O)C3=C2)c1. The molecule has 0 fully saturated rings. The maximum absolute atomic E-state index is 13.7. The summed E-state index contributed by atoms with van der Waals surface area (Å²) in [5, 5.41) is 0.673. The van der Waals surface area contributed by atoms with Gasteiger partial charge in [-0.15, -0.1) is 0 Å². The second-order valence-corrected chi connectivity index (χ2v) is 9.51. The van der Waals surface area contributed by atoms with Crippen LogP contribution in [0.3, 0.4) is 0 Å². The molecule has 9 heteroatoms. The van der Waals surface area contributed by atoms with Crippen molar-refractivity contribution in [2.75, 3.05) is 7.11 Å². The minimum atomic E-state index is -4.06. The predicted molar refractivity (Wildman–Crippen MR) is 117 cm³/mol. The Kier molecular flexibility index (Phi) is 5.83. The number of benzene rings is 2. The largest absolute Gasteiger partial charge is 0.497 e. The molecule has 0 saturated carbocycles. The molecule has 1 heterocycles. The first kappa shape index (κ1) is 21.5. The summed E-state index contributed by atoms with van der Waals surface area (Å²) in [5.41, 5.74) is 1.80. The molecule has 0 spiro atoms. The number of fused-ring (bicyclic) bond motifs is 1. The van der Waals surface area contributed by atoms with E-state index in [9.17, 15) is 13.2 Å². The summed E-state index contributed by atoms with van der Waals surface area (Å²) >= 11 is 12.6. The Morgan fingerprint density at radius 1 is 1.13 bits per heavy atom. The van der Waals surface area contributed by atoms with Crippen LogP contribution >= 0.6 is 23.2 Å². The number of carbonyl (C=O) groups is 1. The van der Waals surface area contributed by atoms with E-state index < -0.39 is 16.0 Å². The number of rotatable bonds is 6. The molecule has 2 aromatic carbocycles. The van der Waals surface area contributed by atoms with Crippen LogP contribution in [-0.4, -0.2) is 25.8 Å². The highest BCUT2D eigenvalue weighted by atomic mass is 35.5. The third-order valence-corrected chi connectivity index (χ3v) is 7.46. The maximum atomic E-state index is 13.7. The summed E-state index contributed by atoms with van der Waals surface area (Å²) in [6, 6.07) is 11.1. The number of hydrogen-bond acceptors (Lipinski definition) is 5. The molecule has 0 N–H and O–H groups in total. The van der Waals surface area contributed by atoms with Crippen LogP contribution in [0.1, 0.15) is 12.0 Å². The molecule has 0 bridgehead atoms. The highest BCUT2D eigenvalue weighted by Gasteiger charge is 2.32. The maximum Gasteiger partial charge on any atom is 0.343 e. The van der Waals surface area contributed by atoms with Gasteiger partial charge in [0.2, 0.25) is 0 Å². The van der Waals surface area contributed by atoms with Crippen LogP contribution in [0, 0.1) is 0 Å². The molecule has 6 nitrogen and oxygen atoms in total. The van der Waals surface area contributed by atoms with Crippen LogP contribution in [0.2, 0.25) is 10.0 Å². The third-order valence-electron chi connectivity index (χ3n) is 4.98. The lowest BCUT2D eigenvalue weighted by molar-refractivity contribution is -0.132. The van der Waals surface area contributed by atoms with Crippen molar-refractivity contribution in [1.82, 2.24) is 4.31 Å². The van der Waals surface area contributed by atoms with Crippen molar-refractivity contribution in [1.29, 1.82) is 0 Å². The van der Waals surface area contributed by atoms with Crippen LogP contribution < -0.4 is 4.74 Å². The smallest absolute Gasteiger partial charge is 0.343 e. The highest BCUT2D eigenvalue weighted by molar-refractivity contribution is 7.89. The minimum absolute atomic E-state index is 0.0321. The molecule has 0 atom stereocenters. The van der Waals surface area contributed by atoms with Crippen LogP contribution in [0.5, 0.6) is 5.75 Å². The van der Waals surface area contributed by atoms with E-state index in [1.165, 1.54) is 35.9 Å². The normalized spacial score (nSPS) is 15.5.